The molecule has 0 aliphatic carbocycles. The molecule has 3 heteroatoms. The number of likely N-dealkylation sites (tertiary alicyclic amines) is 1. The van der Waals surface area contributed by atoms with Gasteiger partial charge in [0.2, 0.25) is 0 Å². The average molecular weight is 228 g/mol. The van der Waals surface area contributed by atoms with Gasteiger partial charge in [-0.2, -0.15) is 0 Å². The minimum absolute atomic E-state index is 0.275. The Balaban J connectivity index is 2.14. The van der Waals surface area contributed by atoms with E-state index >= 15 is 0 Å². The van der Waals surface area contributed by atoms with E-state index in [1.807, 2.05) is 0 Å². The second kappa shape index (κ2) is 7.25. The summed E-state index contributed by atoms with van der Waals surface area (Å²) in [7, 11) is 2.24. The summed E-state index contributed by atoms with van der Waals surface area (Å²) in [6.45, 7) is 6.85. The molecule has 1 saturated heterocycles. The Morgan fingerprint density at radius 2 is 2.12 bits per heavy atom. The van der Waals surface area contributed by atoms with Crippen LogP contribution in [-0.4, -0.2) is 48.8 Å². The van der Waals surface area contributed by atoms with Crippen molar-refractivity contribution in [2.75, 3.05) is 26.7 Å². The molecule has 0 saturated carbocycles. The quantitative estimate of drug-likeness (QED) is 0.722. The lowest BCUT2D eigenvalue weighted by atomic mass is 9.99. The van der Waals surface area contributed by atoms with Crippen LogP contribution in [0, 0.1) is 5.92 Å². The molecule has 3 nitrogen and oxygen atoms in total. The first-order valence-corrected chi connectivity index (χ1v) is 6.69. The number of aliphatic hydroxyl groups is 1. The highest BCUT2D eigenvalue weighted by Crippen LogP contribution is 2.17. The van der Waals surface area contributed by atoms with Gasteiger partial charge >= 0.3 is 0 Å². The van der Waals surface area contributed by atoms with E-state index in [1.165, 1.54) is 32.2 Å². The fourth-order valence-electron chi connectivity index (χ4n) is 2.35. The molecular weight excluding hydrogens is 200 g/mol. The van der Waals surface area contributed by atoms with Gasteiger partial charge in [0.1, 0.15) is 0 Å². The number of rotatable bonds is 6. The normalized spacial score (nSPS) is 26.6. The Morgan fingerprint density at radius 3 is 2.75 bits per heavy atom. The van der Waals surface area contributed by atoms with E-state index < -0.39 is 0 Å². The Kier molecular flexibility index (Phi) is 6.32. The van der Waals surface area contributed by atoms with Crippen LogP contribution in [0.3, 0.4) is 0 Å². The van der Waals surface area contributed by atoms with Crippen LogP contribution in [0.5, 0.6) is 0 Å². The summed E-state index contributed by atoms with van der Waals surface area (Å²) in [4.78, 5) is 2.49. The van der Waals surface area contributed by atoms with Crippen molar-refractivity contribution in [3.05, 3.63) is 0 Å². The molecule has 0 aromatic rings. The van der Waals surface area contributed by atoms with Crippen molar-refractivity contribution in [3.63, 3.8) is 0 Å². The van der Waals surface area contributed by atoms with E-state index in [2.05, 4.69) is 31.1 Å². The molecule has 0 amide bonds. The lowest BCUT2D eigenvalue weighted by molar-refractivity contribution is 0.169. The van der Waals surface area contributed by atoms with Gasteiger partial charge in [-0.15, -0.1) is 0 Å². The second-order valence-electron chi connectivity index (χ2n) is 5.32. The van der Waals surface area contributed by atoms with E-state index in [-0.39, 0.29) is 6.61 Å². The molecule has 0 aromatic carbocycles. The van der Waals surface area contributed by atoms with Crippen molar-refractivity contribution in [1.29, 1.82) is 0 Å². The van der Waals surface area contributed by atoms with Crippen LogP contribution in [0.2, 0.25) is 0 Å². The van der Waals surface area contributed by atoms with Gasteiger partial charge in [0.25, 0.3) is 0 Å². The van der Waals surface area contributed by atoms with Crippen LogP contribution >= 0.6 is 0 Å². The summed E-state index contributed by atoms with van der Waals surface area (Å²) in [5, 5.41) is 12.6. The van der Waals surface area contributed by atoms with Gasteiger partial charge in [-0.25, -0.2) is 0 Å². The first-order valence-electron chi connectivity index (χ1n) is 6.69. The Morgan fingerprint density at radius 1 is 1.38 bits per heavy atom. The van der Waals surface area contributed by atoms with E-state index in [9.17, 15) is 0 Å². The van der Waals surface area contributed by atoms with Crippen molar-refractivity contribution < 1.29 is 5.11 Å². The van der Waals surface area contributed by atoms with Gasteiger partial charge in [0.15, 0.2) is 0 Å². The first kappa shape index (κ1) is 13.9. The molecule has 2 N–H and O–H groups in total. The van der Waals surface area contributed by atoms with Crippen molar-refractivity contribution >= 4 is 0 Å². The number of hydrogen-bond acceptors (Lipinski definition) is 3. The molecule has 1 fully saturated rings. The van der Waals surface area contributed by atoms with Crippen LogP contribution in [-0.2, 0) is 0 Å². The van der Waals surface area contributed by atoms with Crippen LogP contribution < -0.4 is 5.32 Å². The SMILES string of the molecule is CC(CO)C(C)NCCC1CCCCN1C. The van der Waals surface area contributed by atoms with Crippen molar-refractivity contribution in [2.45, 2.75) is 51.6 Å². The molecule has 1 aliphatic rings. The molecule has 3 atom stereocenters. The zero-order valence-corrected chi connectivity index (χ0v) is 11.1. The van der Waals surface area contributed by atoms with Gasteiger partial charge in [-0.3, -0.25) is 0 Å². The third-order valence-corrected chi connectivity index (χ3v) is 4.01. The van der Waals surface area contributed by atoms with Crippen molar-refractivity contribution in [3.8, 4) is 0 Å². The fraction of sp³-hybridized carbons (Fsp3) is 1.00. The maximum Gasteiger partial charge on any atom is 0.0471 e. The predicted octanol–water partition coefficient (Wildman–Crippen LogP) is 1.47. The Hall–Kier alpha value is -0.120. The zero-order valence-electron chi connectivity index (χ0n) is 11.1. The maximum atomic E-state index is 9.05. The molecule has 3 unspecified atom stereocenters. The second-order valence-corrected chi connectivity index (χ2v) is 5.32. The summed E-state index contributed by atoms with van der Waals surface area (Å²) < 4.78 is 0. The van der Waals surface area contributed by atoms with E-state index in [1.54, 1.807) is 0 Å². The summed E-state index contributed by atoms with van der Waals surface area (Å²) in [5.74, 6) is 0.351. The molecule has 0 bridgehead atoms. The number of nitrogens with one attached hydrogen (secondary N) is 1. The van der Waals surface area contributed by atoms with Gasteiger partial charge < -0.3 is 15.3 Å². The summed E-state index contributed by atoms with van der Waals surface area (Å²) in [6.07, 6.45) is 5.33. The molecule has 1 aliphatic heterocycles. The highest BCUT2D eigenvalue weighted by atomic mass is 16.3. The number of piperidine rings is 1. The van der Waals surface area contributed by atoms with Gasteiger partial charge in [-0.05, 0) is 52.2 Å². The largest absolute Gasteiger partial charge is 0.396 e. The lowest BCUT2D eigenvalue weighted by Gasteiger charge is -2.33. The molecule has 0 spiro atoms. The zero-order chi connectivity index (χ0) is 12.0. The molecule has 96 valence electrons. The smallest absolute Gasteiger partial charge is 0.0471 e. The Labute approximate surface area is 100 Å². The maximum absolute atomic E-state index is 9.05. The first-order chi connectivity index (χ1) is 7.65. The molecule has 0 aromatic heterocycles. The number of nitrogens with zero attached hydrogens (tertiary/aromatic N) is 1. The molecule has 0 radical (unpaired) electrons. The summed E-state index contributed by atoms with van der Waals surface area (Å²) in [6, 6.07) is 1.18. The number of aliphatic hydroxyl groups excluding tert-OH is 1. The van der Waals surface area contributed by atoms with Crippen molar-refractivity contribution in [1.82, 2.24) is 10.2 Å². The highest BCUT2D eigenvalue weighted by Gasteiger charge is 2.18. The summed E-state index contributed by atoms with van der Waals surface area (Å²) >= 11 is 0. The van der Waals surface area contributed by atoms with Gasteiger partial charge in [0, 0.05) is 18.7 Å². The van der Waals surface area contributed by atoms with E-state index in [0.29, 0.717) is 12.0 Å². The van der Waals surface area contributed by atoms with Crippen molar-refractivity contribution in [2.24, 2.45) is 5.92 Å². The predicted molar refractivity (Wildman–Crippen MR) is 68.6 cm³/mol. The topological polar surface area (TPSA) is 35.5 Å². The van der Waals surface area contributed by atoms with E-state index in [4.69, 9.17) is 5.11 Å². The van der Waals surface area contributed by atoms with Gasteiger partial charge in [-0.1, -0.05) is 13.3 Å². The standard InChI is InChI=1S/C13H28N2O/c1-11(10-16)12(2)14-8-7-13-6-4-5-9-15(13)3/h11-14,16H,4-10H2,1-3H3. The average Bonchev–Trinajstić information content (AvgIpc) is 2.30. The third-order valence-electron chi connectivity index (χ3n) is 4.01. The van der Waals surface area contributed by atoms with Gasteiger partial charge in [0.05, 0.1) is 0 Å². The van der Waals surface area contributed by atoms with Crippen LogP contribution in [0.25, 0.3) is 0 Å². The highest BCUT2D eigenvalue weighted by molar-refractivity contribution is 4.76. The molecule has 1 heterocycles. The molecule has 16 heavy (non-hydrogen) atoms. The Bertz CT molecular complexity index is 187. The molecular formula is C13H28N2O. The third kappa shape index (κ3) is 4.40. The monoisotopic (exact) mass is 228 g/mol. The lowest BCUT2D eigenvalue weighted by Crippen LogP contribution is -2.40. The summed E-state index contributed by atoms with van der Waals surface area (Å²) in [5.41, 5.74) is 0. The fourth-order valence-corrected chi connectivity index (χ4v) is 2.35. The number of hydrogen-bond donors (Lipinski definition) is 2. The minimum Gasteiger partial charge on any atom is -0.396 e. The van der Waals surface area contributed by atoms with Crippen LogP contribution in [0.15, 0.2) is 0 Å². The van der Waals surface area contributed by atoms with Crippen LogP contribution in [0.1, 0.15) is 39.5 Å². The van der Waals surface area contributed by atoms with Crippen LogP contribution in [0.4, 0.5) is 0 Å². The minimum atomic E-state index is 0.275. The van der Waals surface area contributed by atoms with E-state index in [0.717, 1.165) is 12.6 Å². The molecule has 1 rings (SSSR count).